The number of furan rings is 1. The van der Waals surface area contributed by atoms with Crippen LogP contribution in [0.25, 0.3) is 10.2 Å². The number of rotatable bonds is 5. The number of ether oxygens (including phenoxy) is 1. The maximum absolute atomic E-state index is 13.1. The zero-order chi connectivity index (χ0) is 21.4. The highest BCUT2D eigenvalue weighted by atomic mass is 32.1. The summed E-state index contributed by atoms with van der Waals surface area (Å²) in [5.41, 5.74) is 1.08. The highest BCUT2D eigenvalue weighted by molar-refractivity contribution is 7.18. The molecule has 0 radical (unpaired) electrons. The van der Waals surface area contributed by atoms with Crippen molar-refractivity contribution < 1.29 is 18.7 Å². The van der Waals surface area contributed by atoms with E-state index in [0.717, 1.165) is 10.4 Å². The molecule has 1 aliphatic heterocycles. The quantitative estimate of drug-likeness (QED) is 0.604. The molecular formula is C20H20N4O5S. The molecule has 1 atom stereocenters. The van der Waals surface area contributed by atoms with Crippen LogP contribution in [0.4, 0.5) is 4.79 Å². The topological polar surface area (TPSA) is 115 Å². The van der Waals surface area contributed by atoms with Crippen LogP contribution in [0.1, 0.15) is 29.2 Å². The van der Waals surface area contributed by atoms with E-state index in [1.54, 1.807) is 19.1 Å². The first-order valence-electron chi connectivity index (χ1n) is 9.37. The lowest BCUT2D eigenvalue weighted by Gasteiger charge is -2.28. The number of nitrogens with one attached hydrogen (secondary N) is 2. The first-order chi connectivity index (χ1) is 14.4. The third kappa shape index (κ3) is 3.39. The Hall–Kier alpha value is -3.40. The summed E-state index contributed by atoms with van der Waals surface area (Å²) in [6.07, 6.45) is 2.88. The number of carbonyl (C=O) groups is 2. The van der Waals surface area contributed by atoms with E-state index in [-0.39, 0.29) is 30.0 Å². The molecule has 2 N–H and O–H groups in total. The number of urea groups is 1. The molecule has 3 aromatic heterocycles. The highest BCUT2D eigenvalue weighted by Gasteiger charge is 2.35. The van der Waals surface area contributed by atoms with Crippen LogP contribution < -0.4 is 16.2 Å². The summed E-state index contributed by atoms with van der Waals surface area (Å²) < 4.78 is 12.0. The van der Waals surface area contributed by atoms with E-state index in [0.29, 0.717) is 16.0 Å². The lowest BCUT2D eigenvalue weighted by Crippen LogP contribution is -2.47. The minimum atomic E-state index is -0.833. The number of nitrogens with zero attached hydrogens (tertiary/aromatic N) is 2. The Labute approximate surface area is 175 Å². The fourth-order valence-electron chi connectivity index (χ4n) is 3.41. The van der Waals surface area contributed by atoms with Crippen LogP contribution >= 0.6 is 11.3 Å². The Morgan fingerprint density at radius 2 is 2.17 bits per heavy atom. The molecule has 30 heavy (non-hydrogen) atoms. The molecule has 1 aliphatic rings. The van der Waals surface area contributed by atoms with Gasteiger partial charge in [-0.1, -0.05) is 0 Å². The monoisotopic (exact) mass is 428 g/mol. The van der Waals surface area contributed by atoms with E-state index in [1.807, 2.05) is 13.8 Å². The van der Waals surface area contributed by atoms with Gasteiger partial charge in [-0.3, -0.25) is 9.36 Å². The first kappa shape index (κ1) is 19.9. The van der Waals surface area contributed by atoms with E-state index < -0.39 is 18.0 Å². The van der Waals surface area contributed by atoms with E-state index in [1.165, 1.54) is 28.5 Å². The van der Waals surface area contributed by atoms with Crippen LogP contribution in [0.5, 0.6) is 0 Å². The van der Waals surface area contributed by atoms with Crippen molar-refractivity contribution in [2.45, 2.75) is 33.4 Å². The molecule has 0 fully saturated rings. The molecule has 0 saturated carbocycles. The molecule has 4 rings (SSSR count). The average molecular weight is 428 g/mol. The molecular weight excluding hydrogens is 408 g/mol. The molecule has 3 aromatic rings. The van der Waals surface area contributed by atoms with E-state index >= 15 is 0 Å². The molecule has 9 nitrogen and oxygen atoms in total. The van der Waals surface area contributed by atoms with Gasteiger partial charge < -0.3 is 19.8 Å². The number of carbonyl (C=O) groups excluding carboxylic acids is 2. The van der Waals surface area contributed by atoms with Gasteiger partial charge in [0.25, 0.3) is 5.56 Å². The number of esters is 1. The zero-order valence-corrected chi connectivity index (χ0v) is 17.5. The Balaban J connectivity index is 1.84. The van der Waals surface area contributed by atoms with Crippen LogP contribution in [-0.2, 0) is 16.1 Å². The Morgan fingerprint density at radius 1 is 1.37 bits per heavy atom. The van der Waals surface area contributed by atoms with Gasteiger partial charge in [-0.25, -0.2) is 14.6 Å². The van der Waals surface area contributed by atoms with Crippen molar-refractivity contribution in [1.82, 2.24) is 20.2 Å². The fraction of sp³-hybridized carbons (Fsp3) is 0.300. The van der Waals surface area contributed by atoms with Crippen molar-refractivity contribution in [3.05, 3.63) is 62.5 Å². The molecule has 0 aromatic carbocycles. The summed E-state index contributed by atoms with van der Waals surface area (Å²) in [6.45, 7) is 5.63. The second-order valence-electron chi connectivity index (χ2n) is 6.80. The molecule has 0 spiro atoms. The summed E-state index contributed by atoms with van der Waals surface area (Å²) in [4.78, 5) is 44.2. The van der Waals surface area contributed by atoms with Crippen LogP contribution in [0.2, 0.25) is 0 Å². The lowest BCUT2D eigenvalue weighted by atomic mass is 10.00. The molecule has 2 amide bonds. The molecule has 0 bridgehead atoms. The number of hydrogen-bond acceptors (Lipinski definition) is 7. The van der Waals surface area contributed by atoms with Crippen LogP contribution in [0, 0.1) is 13.8 Å². The second-order valence-corrected chi connectivity index (χ2v) is 8.00. The smallest absolute Gasteiger partial charge is 0.338 e. The molecule has 10 heteroatoms. The average Bonchev–Trinajstić information content (AvgIpc) is 3.33. The molecule has 4 heterocycles. The number of fused-ring (bicyclic) bond motifs is 1. The summed E-state index contributed by atoms with van der Waals surface area (Å²) in [5.74, 6) is -0.221. The van der Waals surface area contributed by atoms with Gasteiger partial charge in [0.2, 0.25) is 0 Å². The number of aromatic nitrogens is 2. The van der Waals surface area contributed by atoms with Crippen molar-refractivity contribution in [3.63, 3.8) is 0 Å². The molecule has 0 saturated heterocycles. The van der Waals surface area contributed by atoms with Gasteiger partial charge in [-0.2, -0.15) is 0 Å². The molecule has 156 valence electrons. The highest BCUT2D eigenvalue weighted by Crippen LogP contribution is 2.29. The van der Waals surface area contributed by atoms with Gasteiger partial charge in [-0.15, -0.1) is 11.3 Å². The number of amides is 2. The summed E-state index contributed by atoms with van der Waals surface area (Å²) in [5, 5.41) is 5.86. The fourth-order valence-corrected chi connectivity index (χ4v) is 4.40. The predicted octanol–water partition coefficient (Wildman–Crippen LogP) is 2.54. The van der Waals surface area contributed by atoms with Gasteiger partial charge in [0.05, 0.1) is 42.4 Å². The minimum Gasteiger partial charge on any atom is -0.467 e. The van der Waals surface area contributed by atoms with Gasteiger partial charge in [0.1, 0.15) is 16.6 Å². The SMILES string of the molecule is CCOC(=O)C1=C(Cn2cnc3sc(C)c(C)c3c2=O)NC(=O)N[C@@H]1c1ccco1. The van der Waals surface area contributed by atoms with Gasteiger partial charge in [0.15, 0.2) is 0 Å². The molecule has 0 aliphatic carbocycles. The molecule has 0 unspecified atom stereocenters. The number of hydrogen-bond donors (Lipinski definition) is 2. The predicted molar refractivity (Wildman–Crippen MR) is 110 cm³/mol. The Bertz CT molecular complexity index is 1220. The van der Waals surface area contributed by atoms with E-state index in [2.05, 4.69) is 15.6 Å². The maximum atomic E-state index is 13.1. The Morgan fingerprint density at radius 3 is 2.87 bits per heavy atom. The van der Waals surface area contributed by atoms with E-state index in [4.69, 9.17) is 9.15 Å². The number of allylic oxidation sites excluding steroid dienone is 1. The van der Waals surface area contributed by atoms with Crippen molar-refractivity contribution in [2.24, 2.45) is 0 Å². The minimum absolute atomic E-state index is 0.0467. The van der Waals surface area contributed by atoms with Crippen LogP contribution in [0.15, 0.2) is 45.2 Å². The zero-order valence-electron chi connectivity index (χ0n) is 16.6. The normalized spacial score (nSPS) is 16.5. The summed E-state index contributed by atoms with van der Waals surface area (Å²) in [6, 6.07) is 1.98. The van der Waals surface area contributed by atoms with Crippen molar-refractivity contribution >= 4 is 33.6 Å². The first-order valence-corrected chi connectivity index (χ1v) is 10.2. The number of aryl methyl sites for hydroxylation is 2. The standard InChI is InChI=1S/C20H20N4O5S/c1-4-28-19(26)15-12(22-20(27)23-16(15)13-6-5-7-29-13)8-24-9-21-17-14(18(24)25)10(2)11(3)30-17/h5-7,9,16H,4,8H2,1-3H3,(H2,22,23,27)/t16-/m1/s1. The lowest BCUT2D eigenvalue weighted by molar-refractivity contribution is -0.139. The van der Waals surface area contributed by atoms with Crippen molar-refractivity contribution in [3.8, 4) is 0 Å². The van der Waals surface area contributed by atoms with Crippen LogP contribution in [0.3, 0.4) is 0 Å². The second kappa shape index (κ2) is 7.79. The van der Waals surface area contributed by atoms with Crippen molar-refractivity contribution in [2.75, 3.05) is 6.61 Å². The van der Waals surface area contributed by atoms with Gasteiger partial charge >= 0.3 is 12.0 Å². The largest absolute Gasteiger partial charge is 0.467 e. The summed E-state index contributed by atoms with van der Waals surface area (Å²) >= 11 is 1.46. The maximum Gasteiger partial charge on any atom is 0.338 e. The van der Waals surface area contributed by atoms with Crippen LogP contribution in [-0.4, -0.2) is 28.2 Å². The summed E-state index contributed by atoms with van der Waals surface area (Å²) in [7, 11) is 0. The van der Waals surface area contributed by atoms with E-state index in [9.17, 15) is 14.4 Å². The third-order valence-electron chi connectivity index (χ3n) is 4.96. The third-order valence-corrected chi connectivity index (χ3v) is 6.08. The van der Waals surface area contributed by atoms with Gasteiger partial charge in [0, 0.05) is 4.88 Å². The Kier molecular flexibility index (Phi) is 5.17. The number of thiophene rings is 1. The van der Waals surface area contributed by atoms with Gasteiger partial charge in [-0.05, 0) is 38.5 Å². The van der Waals surface area contributed by atoms with Crippen molar-refractivity contribution in [1.29, 1.82) is 0 Å².